The van der Waals surface area contributed by atoms with Gasteiger partial charge in [0.25, 0.3) is 0 Å². The molecule has 0 atom stereocenters. The molecule has 0 spiro atoms. The average Bonchev–Trinajstić information content (AvgIpc) is 1.27. The molecule has 60 valence electrons. The minimum atomic E-state index is -1.63. The third-order valence-corrected chi connectivity index (χ3v) is 0.289. The van der Waals surface area contributed by atoms with Gasteiger partial charge >= 0.3 is 44.8 Å². The SMILES string of the molecule is O=C([O-])CC(=O)[O-].[Au+].[Au+]. The summed E-state index contributed by atoms with van der Waals surface area (Å²) in [6.07, 6.45) is -1.03. The normalized spacial score (nSPS) is 6.22. The number of carbonyl (C=O) groups is 2. The van der Waals surface area contributed by atoms with Crippen molar-refractivity contribution in [3.63, 3.8) is 0 Å². The molecule has 4 nitrogen and oxygen atoms in total. The van der Waals surface area contributed by atoms with E-state index in [1.165, 1.54) is 0 Å². The first-order chi connectivity index (χ1) is 3.13. The van der Waals surface area contributed by atoms with Crippen LogP contribution in [0.25, 0.3) is 0 Å². The summed E-state index contributed by atoms with van der Waals surface area (Å²) in [6.45, 7) is 0. The summed E-state index contributed by atoms with van der Waals surface area (Å²) in [5, 5.41) is 18.6. The number of carbonyl (C=O) groups excluding carboxylic acids is 2. The Balaban J connectivity index is -0.000000180. The second-order valence-corrected chi connectivity index (χ2v) is 0.921. The first-order valence-corrected chi connectivity index (χ1v) is 1.52. The van der Waals surface area contributed by atoms with Gasteiger partial charge in [0.2, 0.25) is 0 Å². The first kappa shape index (κ1) is 16.2. The molecule has 0 aromatic carbocycles. The van der Waals surface area contributed by atoms with Gasteiger partial charge in [0, 0.05) is 18.4 Å². The molecule has 0 amide bonds. The fourth-order valence-corrected chi connectivity index (χ4v) is 0.118. The Morgan fingerprint density at radius 1 is 1.00 bits per heavy atom. The second-order valence-electron chi connectivity index (χ2n) is 0.921. The summed E-state index contributed by atoms with van der Waals surface area (Å²) < 4.78 is 0. The van der Waals surface area contributed by atoms with Gasteiger partial charge in [0.15, 0.2) is 0 Å². The molecule has 0 bridgehead atoms. The summed E-state index contributed by atoms with van der Waals surface area (Å²) in [6, 6.07) is 0. The van der Waals surface area contributed by atoms with Crippen molar-refractivity contribution in [1.29, 1.82) is 0 Å². The van der Waals surface area contributed by atoms with Gasteiger partial charge in [-0.25, -0.2) is 0 Å². The van der Waals surface area contributed by atoms with Crippen molar-refractivity contribution < 1.29 is 64.6 Å². The summed E-state index contributed by atoms with van der Waals surface area (Å²) in [7, 11) is 0. The summed E-state index contributed by atoms with van der Waals surface area (Å²) in [4.78, 5) is 18.6. The molecule has 0 aromatic heterocycles. The first-order valence-electron chi connectivity index (χ1n) is 1.52. The molecule has 6 heteroatoms. The third kappa shape index (κ3) is 17.8. The quantitative estimate of drug-likeness (QED) is 0.300. The number of carboxylic acids is 2. The minimum absolute atomic E-state index is 0. The molecule has 0 heterocycles. The third-order valence-electron chi connectivity index (χ3n) is 0.289. The molecule has 0 radical (unpaired) electrons. The van der Waals surface area contributed by atoms with Gasteiger partial charge in [0.05, 0.1) is 0 Å². The summed E-state index contributed by atoms with van der Waals surface area (Å²) in [5.41, 5.74) is 0. The van der Waals surface area contributed by atoms with Crippen LogP contribution in [-0.2, 0) is 54.3 Å². The number of rotatable bonds is 2. The molecule has 0 aliphatic heterocycles. The zero-order valence-corrected chi connectivity index (χ0v) is 8.28. The Kier molecular flexibility index (Phi) is 15.2. The van der Waals surface area contributed by atoms with E-state index < -0.39 is 18.4 Å². The second kappa shape index (κ2) is 8.42. The number of hydrogen-bond acceptors (Lipinski definition) is 4. The molecule has 0 fully saturated rings. The van der Waals surface area contributed by atoms with Crippen LogP contribution in [0.15, 0.2) is 0 Å². The largest absolute Gasteiger partial charge is 1.00 e. The maximum atomic E-state index is 9.28. The van der Waals surface area contributed by atoms with Crippen molar-refractivity contribution in [2.45, 2.75) is 6.42 Å². The van der Waals surface area contributed by atoms with E-state index in [1.54, 1.807) is 0 Å². The Morgan fingerprint density at radius 2 is 1.22 bits per heavy atom. The van der Waals surface area contributed by atoms with Crippen molar-refractivity contribution in [2.24, 2.45) is 0 Å². The topological polar surface area (TPSA) is 80.3 Å². The predicted molar refractivity (Wildman–Crippen MR) is 14.6 cm³/mol. The summed E-state index contributed by atoms with van der Waals surface area (Å²) in [5.74, 6) is -3.25. The summed E-state index contributed by atoms with van der Waals surface area (Å²) >= 11 is 0. The van der Waals surface area contributed by atoms with Gasteiger partial charge in [-0.15, -0.1) is 0 Å². The van der Waals surface area contributed by atoms with E-state index in [-0.39, 0.29) is 44.8 Å². The van der Waals surface area contributed by atoms with Crippen LogP contribution < -0.4 is 10.2 Å². The van der Waals surface area contributed by atoms with Crippen LogP contribution in [0.2, 0.25) is 0 Å². The molecule has 0 N–H and O–H groups in total. The van der Waals surface area contributed by atoms with Crippen LogP contribution in [-0.4, -0.2) is 11.9 Å². The van der Waals surface area contributed by atoms with Crippen molar-refractivity contribution in [1.82, 2.24) is 0 Å². The molecule has 0 aliphatic carbocycles. The van der Waals surface area contributed by atoms with Gasteiger partial charge < -0.3 is 19.8 Å². The molecule has 9 heavy (non-hydrogen) atoms. The molecular weight excluding hydrogens is 494 g/mol. The molecular formula is C3H2Au2O4. The molecule has 0 saturated carbocycles. The minimum Gasteiger partial charge on any atom is -0.550 e. The van der Waals surface area contributed by atoms with E-state index in [0.717, 1.165) is 0 Å². The maximum Gasteiger partial charge on any atom is 1.00 e. The van der Waals surface area contributed by atoms with Gasteiger partial charge in [-0.1, -0.05) is 0 Å². The van der Waals surface area contributed by atoms with E-state index in [0.29, 0.717) is 0 Å². The standard InChI is InChI=1S/C3H4O4.2Au/c4-2(5)1-3(6)7;;/h1H2,(H,4,5)(H,6,7);;/q;2*+1/p-2. The molecule has 0 rings (SSSR count). The van der Waals surface area contributed by atoms with Gasteiger partial charge in [0.1, 0.15) is 0 Å². The van der Waals surface area contributed by atoms with Crippen molar-refractivity contribution in [2.75, 3.05) is 0 Å². The number of hydrogen-bond donors (Lipinski definition) is 0. The fourth-order valence-electron chi connectivity index (χ4n) is 0.118. The Labute approximate surface area is 82.6 Å². The smallest absolute Gasteiger partial charge is 0.550 e. The Bertz CT molecular complexity index is 90.0. The van der Waals surface area contributed by atoms with E-state index in [9.17, 15) is 19.8 Å². The Hall–Kier alpha value is 0.421. The van der Waals surface area contributed by atoms with Crippen LogP contribution in [0.5, 0.6) is 0 Å². The molecule has 0 unspecified atom stereocenters. The van der Waals surface area contributed by atoms with Crippen molar-refractivity contribution >= 4 is 11.9 Å². The molecule has 0 saturated heterocycles. The van der Waals surface area contributed by atoms with Gasteiger partial charge in [-0.2, -0.15) is 0 Å². The Morgan fingerprint density at radius 3 is 1.22 bits per heavy atom. The van der Waals surface area contributed by atoms with Crippen LogP contribution in [0.4, 0.5) is 0 Å². The van der Waals surface area contributed by atoms with E-state index in [4.69, 9.17) is 0 Å². The molecule has 0 aliphatic rings. The predicted octanol–water partition coefficient (Wildman–Crippen LogP) is -3.13. The van der Waals surface area contributed by atoms with Gasteiger partial charge in [-0.3, -0.25) is 0 Å². The maximum absolute atomic E-state index is 9.28. The van der Waals surface area contributed by atoms with Crippen molar-refractivity contribution in [3.8, 4) is 0 Å². The zero-order chi connectivity index (χ0) is 5.86. The van der Waals surface area contributed by atoms with Crippen LogP contribution in [0.3, 0.4) is 0 Å². The zero-order valence-electron chi connectivity index (χ0n) is 3.94. The van der Waals surface area contributed by atoms with E-state index in [1.807, 2.05) is 0 Å². The number of aliphatic carboxylic acids is 2. The van der Waals surface area contributed by atoms with E-state index in [2.05, 4.69) is 0 Å². The number of carboxylic acid groups (broad SMARTS) is 2. The van der Waals surface area contributed by atoms with E-state index >= 15 is 0 Å². The molecule has 0 aromatic rings. The van der Waals surface area contributed by atoms with Crippen LogP contribution in [0, 0.1) is 0 Å². The van der Waals surface area contributed by atoms with Crippen molar-refractivity contribution in [3.05, 3.63) is 0 Å². The van der Waals surface area contributed by atoms with Crippen LogP contribution >= 0.6 is 0 Å². The van der Waals surface area contributed by atoms with Crippen LogP contribution in [0.1, 0.15) is 6.42 Å². The fraction of sp³-hybridized carbons (Fsp3) is 0.333. The monoisotopic (exact) mass is 496 g/mol. The average molecular weight is 496 g/mol. The van der Waals surface area contributed by atoms with Gasteiger partial charge in [-0.05, 0) is 0 Å².